The standard InChI is InChI=1S/C20H20N6O3S/c1-3-26-17-12-22-20(23-13-8-10-14(11-9-13)30(21,28)29)24-18(17)25(2)16-7-5-4-6-15(16)19(26)27/h4-12H,3H2,1-2H3,(H2,21,28,29)(H,22,23,24). The summed E-state index contributed by atoms with van der Waals surface area (Å²) in [6, 6.07) is 13.3. The van der Waals surface area contributed by atoms with Crippen molar-refractivity contribution in [2.45, 2.75) is 11.8 Å². The summed E-state index contributed by atoms with van der Waals surface area (Å²) in [7, 11) is -1.91. The Balaban J connectivity index is 1.73. The van der Waals surface area contributed by atoms with Gasteiger partial charge in [-0.1, -0.05) is 12.1 Å². The topological polar surface area (TPSA) is 122 Å². The van der Waals surface area contributed by atoms with Gasteiger partial charge < -0.3 is 15.1 Å². The van der Waals surface area contributed by atoms with Gasteiger partial charge in [0.15, 0.2) is 5.82 Å². The summed E-state index contributed by atoms with van der Waals surface area (Å²) in [5.41, 5.74) is 2.55. The van der Waals surface area contributed by atoms with E-state index in [0.29, 0.717) is 35.2 Å². The van der Waals surface area contributed by atoms with Crippen molar-refractivity contribution in [1.29, 1.82) is 0 Å². The molecule has 3 N–H and O–H groups in total. The summed E-state index contributed by atoms with van der Waals surface area (Å²) in [5.74, 6) is 0.780. The van der Waals surface area contributed by atoms with E-state index in [0.717, 1.165) is 5.69 Å². The van der Waals surface area contributed by atoms with E-state index in [2.05, 4.69) is 15.3 Å². The van der Waals surface area contributed by atoms with E-state index in [1.165, 1.54) is 12.1 Å². The minimum atomic E-state index is -3.76. The van der Waals surface area contributed by atoms with Crippen molar-refractivity contribution in [2.24, 2.45) is 5.14 Å². The van der Waals surface area contributed by atoms with Crippen molar-refractivity contribution >= 4 is 44.8 Å². The number of carbonyl (C=O) groups is 1. The van der Waals surface area contributed by atoms with Gasteiger partial charge in [0, 0.05) is 19.3 Å². The normalized spacial score (nSPS) is 13.5. The summed E-state index contributed by atoms with van der Waals surface area (Å²) >= 11 is 0. The molecule has 1 aliphatic rings. The van der Waals surface area contributed by atoms with Crippen LogP contribution >= 0.6 is 0 Å². The van der Waals surface area contributed by atoms with Crippen molar-refractivity contribution < 1.29 is 13.2 Å². The van der Waals surface area contributed by atoms with E-state index in [1.54, 1.807) is 29.3 Å². The molecule has 4 rings (SSSR count). The third-order valence-electron chi connectivity index (χ3n) is 4.85. The quantitative estimate of drug-likeness (QED) is 0.660. The van der Waals surface area contributed by atoms with E-state index < -0.39 is 10.0 Å². The van der Waals surface area contributed by atoms with Crippen LogP contribution in [-0.2, 0) is 10.0 Å². The summed E-state index contributed by atoms with van der Waals surface area (Å²) in [5, 5.41) is 8.19. The summed E-state index contributed by atoms with van der Waals surface area (Å²) < 4.78 is 22.8. The lowest BCUT2D eigenvalue weighted by Gasteiger charge is -2.22. The van der Waals surface area contributed by atoms with Crippen LogP contribution in [0, 0.1) is 0 Å². The molecular weight excluding hydrogens is 404 g/mol. The Hall–Kier alpha value is -3.50. The van der Waals surface area contributed by atoms with E-state index in [4.69, 9.17) is 5.14 Å². The molecule has 0 aliphatic carbocycles. The average Bonchev–Trinajstić information content (AvgIpc) is 2.82. The fourth-order valence-electron chi connectivity index (χ4n) is 3.35. The zero-order chi connectivity index (χ0) is 21.5. The molecule has 2 aromatic carbocycles. The van der Waals surface area contributed by atoms with Gasteiger partial charge >= 0.3 is 0 Å². The molecule has 0 saturated carbocycles. The predicted molar refractivity (Wildman–Crippen MR) is 115 cm³/mol. The number of benzene rings is 2. The molecule has 0 spiro atoms. The van der Waals surface area contributed by atoms with Gasteiger partial charge in [-0.2, -0.15) is 4.98 Å². The molecule has 1 amide bonds. The first kappa shape index (κ1) is 19.8. The molecule has 1 aliphatic heterocycles. The molecule has 0 unspecified atom stereocenters. The maximum atomic E-state index is 13.0. The number of sulfonamides is 1. The number of rotatable bonds is 4. The van der Waals surface area contributed by atoms with Crippen LogP contribution in [-0.4, -0.2) is 37.9 Å². The minimum Gasteiger partial charge on any atom is -0.327 e. The molecule has 1 aromatic heterocycles. The van der Waals surface area contributed by atoms with Crippen LogP contribution in [0.4, 0.5) is 28.8 Å². The number of carbonyl (C=O) groups excluding carboxylic acids is 1. The maximum absolute atomic E-state index is 13.0. The van der Waals surface area contributed by atoms with Crippen LogP contribution in [0.1, 0.15) is 17.3 Å². The highest BCUT2D eigenvalue weighted by Crippen LogP contribution is 2.38. The molecule has 0 bridgehead atoms. The van der Waals surface area contributed by atoms with E-state index in [-0.39, 0.29) is 10.8 Å². The molecule has 0 saturated heterocycles. The molecule has 2 heterocycles. The second-order valence-corrected chi connectivity index (χ2v) is 8.28. The number of hydrogen-bond donors (Lipinski definition) is 2. The number of para-hydroxylation sites is 1. The van der Waals surface area contributed by atoms with Crippen LogP contribution in [0.25, 0.3) is 0 Å². The Bertz CT molecular complexity index is 1230. The Morgan fingerprint density at radius 1 is 1.07 bits per heavy atom. The fraction of sp³-hybridized carbons (Fsp3) is 0.150. The van der Waals surface area contributed by atoms with Crippen LogP contribution in [0.15, 0.2) is 59.6 Å². The highest BCUT2D eigenvalue weighted by atomic mass is 32.2. The molecule has 0 radical (unpaired) electrons. The van der Waals surface area contributed by atoms with Crippen molar-refractivity contribution in [2.75, 3.05) is 28.7 Å². The van der Waals surface area contributed by atoms with Crippen LogP contribution in [0.5, 0.6) is 0 Å². The number of primary sulfonamides is 1. The summed E-state index contributed by atoms with van der Waals surface area (Å²) in [4.78, 5) is 25.5. The highest BCUT2D eigenvalue weighted by Gasteiger charge is 2.30. The van der Waals surface area contributed by atoms with Gasteiger partial charge in [-0.25, -0.2) is 18.5 Å². The molecule has 10 heteroatoms. The summed E-state index contributed by atoms with van der Waals surface area (Å²) in [6.07, 6.45) is 1.60. The Kier molecular flexibility index (Phi) is 4.88. The van der Waals surface area contributed by atoms with Gasteiger partial charge in [-0.05, 0) is 43.3 Å². The smallest absolute Gasteiger partial charge is 0.260 e. The van der Waals surface area contributed by atoms with Gasteiger partial charge in [-0.15, -0.1) is 0 Å². The van der Waals surface area contributed by atoms with Crippen molar-refractivity contribution in [3.05, 3.63) is 60.3 Å². The maximum Gasteiger partial charge on any atom is 0.260 e. The number of fused-ring (bicyclic) bond motifs is 2. The number of amides is 1. The van der Waals surface area contributed by atoms with Gasteiger partial charge in [-0.3, -0.25) is 4.79 Å². The monoisotopic (exact) mass is 424 g/mol. The van der Waals surface area contributed by atoms with Crippen LogP contribution < -0.4 is 20.3 Å². The third kappa shape index (κ3) is 3.46. The first-order valence-electron chi connectivity index (χ1n) is 9.21. The third-order valence-corrected chi connectivity index (χ3v) is 5.78. The lowest BCUT2D eigenvalue weighted by Crippen LogP contribution is -2.30. The zero-order valence-corrected chi connectivity index (χ0v) is 17.2. The van der Waals surface area contributed by atoms with E-state index in [9.17, 15) is 13.2 Å². The van der Waals surface area contributed by atoms with Crippen molar-refractivity contribution in [1.82, 2.24) is 9.97 Å². The molecule has 9 nitrogen and oxygen atoms in total. The van der Waals surface area contributed by atoms with E-state index in [1.807, 2.05) is 37.1 Å². The van der Waals surface area contributed by atoms with Crippen LogP contribution in [0.3, 0.4) is 0 Å². The Morgan fingerprint density at radius 3 is 2.43 bits per heavy atom. The van der Waals surface area contributed by atoms with Gasteiger partial charge in [0.1, 0.15) is 5.69 Å². The highest BCUT2D eigenvalue weighted by molar-refractivity contribution is 7.89. The molecule has 0 fully saturated rings. The number of aromatic nitrogens is 2. The molecule has 30 heavy (non-hydrogen) atoms. The van der Waals surface area contributed by atoms with Gasteiger partial charge in [0.25, 0.3) is 5.91 Å². The molecular formula is C20H20N6O3S. The SMILES string of the molecule is CCN1C(=O)c2ccccc2N(C)c2nc(Nc3ccc(S(N)(=O)=O)cc3)ncc21. The number of anilines is 5. The van der Waals surface area contributed by atoms with Crippen molar-refractivity contribution in [3.8, 4) is 0 Å². The minimum absolute atomic E-state index is 0.0179. The first-order chi connectivity index (χ1) is 14.3. The Labute approximate surface area is 174 Å². The molecule has 154 valence electrons. The first-order valence-corrected chi connectivity index (χ1v) is 10.8. The molecule has 3 aromatic rings. The molecule has 0 atom stereocenters. The van der Waals surface area contributed by atoms with Gasteiger partial charge in [0.2, 0.25) is 16.0 Å². The zero-order valence-electron chi connectivity index (χ0n) is 16.4. The number of hydrogen-bond acceptors (Lipinski definition) is 7. The number of nitrogens with one attached hydrogen (secondary N) is 1. The largest absolute Gasteiger partial charge is 0.327 e. The number of nitrogens with two attached hydrogens (primary N) is 1. The van der Waals surface area contributed by atoms with Crippen LogP contribution in [0.2, 0.25) is 0 Å². The summed E-state index contributed by atoms with van der Waals surface area (Å²) in [6.45, 7) is 2.37. The average molecular weight is 424 g/mol. The predicted octanol–water partition coefficient (Wildman–Crippen LogP) is 2.62. The Morgan fingerprint density at radius 2 is 1.77 bits per heavy atom. The lowest BCUT2D eigenvalue weighted by atomic mass is 10.1. The lowest BCUT2D eigenvalue weighted by molar-refractivity contribution is 0.0989. The fourth-order valence-corrected chi connectivity index (χ4v) is 3.87. The second-order valence-electron chi connectivity index (χ2n) is 6.72. The van der Waals surface area contributed by atoms with Crippen molar-refractivity contribution in [3.63, 3.8) is 0 Å². The van der Waals surface area contributed by atoms with Gasteiger partial charge in [0.05, 0.1) is 22.3 Å². The number of nitrogens with zero attached hydrogens (tertiary/aromatic N) is 4. The second kappa shape index (κ2) is 7.39. The van der Waals surface area contributed by atoms with E-state index >= 15 is 0 Å².